The molecule has 1 aliphatic heterocycles. The lowest BCUT2D eigenvalue weighted by Gasteiger charge is -2.29. The Kier molecular flexibility index (Phi) is 4.07. The van der Waals surface area contributed by atoms with Gasteiger partial charge in [-0.2, -0.15) is 0 Å². The van der Waals surface area contributed by atoms with Gasteiger partial charge in [0.15, 0.2) is 0 Å². The number of carbonyl (C=O) groups is 1. The molecule has 21 heavy (non-hydrogen) atoms. The van der Waals surface area contributed by atoms with Crippen LogP contribution in [0.5, 0.6) is 0 Å². The summed E-state index contributed by atoms with van der Waals surface area (Å²) in [6.07, 6.45) is 4.98. The molecule has 1 amide bonds. The molecule has 2 aromatic rings. The van der Waals surface area contributed by atoms with Gasteiger partial charge in [-0.05, 0) is 24.3 Å². The average Bonchev–Trinajstić information content (AvgIpc) is 2.56. The van der Waals surface area contributed by atoms with Gasteiger partial charge in [0, 0.05) is 37.4 Å². The summed E-state index contributed by atoms with van der Waals surface area (Å²) >= 11 is 0. The van der Waals surface area contributed by atoms with Gasteiger partial charge in [0.05, 0.1) is 18.8 Å². The highest BCUT2D eigenvalue weighted by Crippen LogP contribution is 2.19. The lowest BCUT2D eigenvalue weighted by Crippen LogP contribution is -2.38. The molecule has 2 aromatic heterocycles. The zero-order valence-electron chi connectivity index (χ0n) is 11.5. The number of morpholine rings is 1. The molecular formula is C15H16N4O2. The first-order valence-corrected chi connectivity index (χ1v) is 6.84. The Morgan fingerprint density at radius 2 is 1.90 bits per heavy atom. The summed E-state index contributed by atoms with van der Waals surface area (Å²) in [6.45, 7) is 2.79. The normalized spacial score (nSPS) is 14.8. The summed E-state index contributed by atoms with van der Waals surface area (Å²) in [5.74, 6) is 0.531. The molecule has 0 atom stereocenters. The van der Waals surface area contributed by atoms with Crippen LogP contribution in [0.2, 0.25) is 0 Å². The van der Waals surface area contributed by atoms with Crippen molar-refractivity contribution in [3.8, 4) is 0 Å². The fourth-order valence-corrected chi connectivity index (χ4v) is 2.24. The smallest absolute Gasteiger partial charge is 0.259 e. The zero-order chi connectivity index (χ0) is 14.5. The van der Waals surface area contributed by atoms with E-state index >= 15 is 0 Å². The van der Waals surface area contributed by atoms with E-state index in [1.54, 1.807) is 42.9 Å². The van der Waals surface area contributed by atoms with E-state index in [9.17, 15) is 4.79 Å². The fraction of sp³-hybridized carbons (Fsp3) is 0.267. The van der Waals surface area contributed by atoms with Gasteiger partial charge < -0.3 is 15.0 Å². The number of nitrogens with zero attached hydrogens (tertiary/aromatic N) is 3. The molecule has 0 unspecified atom stereocenters. The van der Waals surface area contributed by atoms with Crippen LogP contribution in [-0.2, 0) is 4.74 Å². The summed E-state index contributed by atoms with van der Waals surface area (Å²) in [7, 11) is 0. The third-order valence-electron chi connectivity index (χ3n) is 3.28. The minimum Gasteiger partial charge on any atom is -0.378 e. The van der Waals surface area contributed by atoms with Crippen molar-refractivity contribution < 1.29 is 9.53 Å². The van der Waals surface area contributed by atoms with Crippen LogP contribution in [0, 0.1) is 0 Å². The number of ether oxygens (including phenoxy) is 1. The van der Waals surface area contributed by atoms with Gasteiger partial charge >= 0.3 is 0 Å². The molecule has 0 radical (unpaired) electrons. The van der Waals surface area contributed by atoms with Crippen LogP contribution in [0.4, 0.5) is 11.5 Å². The van der Waals surface area contributed by atoms with Gasteiger partial charge in [0.25, 0.3) is 5.91 Å². The number of hydrogen-bond donors (Lipinski definition) is 1. The van der Waals surface area contributed by atoms with Crippen molar-refractivity contribution >= 4 is 17.4 Å². The SMILES string of the molecule is O=C(Nc1ccncc1)c1cccnc1N1CCOCC1. The predicted molar refractivity (Wildman–Crippen MR) is 79.5 cm³/mol. The first-order valence-electron chi connectivity index (χ1n) is 6.84. The second-order valence-electron chi connectivity index (χ2n) is 4.66. The Labute approximate surface area is 122 Å². The van der Waals surface area contributed by atoms with Crippen LogP contribution in [0.15, 0.2) is 42.9 Å². The second-order valence-corrected chi connectivity index (χ2v) is 4.66. The average molecular weight is 284 g/mol. The summed E-state index contributed by atoms with van der Waals surface area (Å²) in [6, 6.07) is 7.06. The van der Waals surface area contributed by atoms with Crippen LogP contribution < -0.4 is 10.2 Å². The van der Waals surface area contributed by atoms with E-state index in [4.69, 9.17) is 4.74 Å². The molecule has 0 aromatic carbocycles. The van der Waals surface area contributed by atoms with Gasteiger partial charge in [-0.3, -0.25) is 9.78 Å². The monoisotopic (exact) mass is 284 g/mol. The maximum Gasteiger partial charge on any atom is 0.259 e. The Balaban J connectivity index is 1.82. The summed E-state index contributed by atoms with van der Waals surface area (Å²) < 4.78 is 5.34. The van der Waals surface area contributed by atoms with Crippen molar-refractivity contribution in [3.05, 3.63) is 48.4 Å². The van der Waals surface area contributed by atoms with E-state index in [2.05, 4.69) is 20.2 Å². The van der Waals surface area contributed by atoms with Crippen molar-refractivity contribution in [2.24, 2.45) is 0 Å². The number of aromatic nitrogens is 2. The summed E-state index contributed by atoms with van der Waals surface area (Å²) in [5.41, 5.74) is 1.28. The first-order chi connectivity index (χ1) is 10.3. The maximum atomic E-state index is 12.4. The van der Waals surface area contributed by atoms with Gasteiger partial charge in [-0.1, -0.05) is 0 Å². The second kappa shape index (κ2) is 6.32. The van der Waals surface area contributed by atoms with E-state index in [-0.39, 0.29) is 5.91 Å². The standard InChI is InChI=1S/C15H16N4O2/c20-15(18-12-3-6-16-7-4-12)13-2-1-5-17-14(13)19-8-10-21-11-9-19/h1-7H,8-11H2,(H,16,18,20). The van der Waals surface area contributed by atoms with Gasteiger partial charge in [0.1, 0.15) is 5.82 Å². The molecule has 1 saturated heterocycles. The molecule has 0 aliphatic carbocycles. The minimum atomic E-state index is -0.171. The van der Waals surface area contributed by atoms with Crippen LogP contribution in [0.3, 0.4) is 0 Å². The summed E-state index contributed by atoms with van der Waals surface area (Å²) in [4.78, 5) is 22.8. The van der Waals surface area contributed by atoms with Crippen LogP contribution >= 0.6 is 0 Å². The third-order valence-corrected chi connectivity index (χ3v) is 3.28. The number of pyridine rings is 2. The molecule has 3 heterocycles. The highest BCUT2D eigenvalue weighted by atomic mass is 16.5. The van der Waals surface area contributed by atoms with Crippen molar-refractivity contribution in [3.63, 3.8) is 0 Å². The van der Waals surface area contributed by atoms with E-state index in [0.29, 0.717) is 30.3 Å². The van der Waals surface area contributed by atoms with Gasteiger partial charge in [0.2, 0.25) is 0 Å². The number of carbonyl (C=O) groups excluding carboxylic acids is 1. The van der Waals surface area contributed by atoms with E-state index in [1.807, 2.05) is 0 Å². The summed E-state index contributed by atoms with van der Waals surface area (Å²) in [5, 5.41) is 2.86. The fourth-order valence-electron chi connectivity index (χ4n) is 2.24. The van der Waals surface area contributed by atoms with Crippen molar-refractivity contribution in [1.82, 2.24) is 9.97 Å². The lowest BCUT2D eigenvalue weighted by atomic mass is 10.2. The van der Waals surface area contributed by atoms with Crippen molar-refractivity contribution in [2.45, 2.75) is 0 Å². The van der Waals surface area contributed by atoms with Crippen LogP contribution in [0.1, 0.15) is 10.4 Å². The highest BCUT2D eigenvalue weighted by molar-refractivity contribution is 6.07. The first kappa shape index (κ1) is 13.5. The minimum absolute atomic E-state index is 0.171. The number of nitrogens with one attached hydrogen (secondary N) is 1. The molecule has 1 aliphatic rings. The van der Waals surface area contributed by atoms with Gasteiger partial charge in [-0.15, -0.1) is 0 Å². The third kappa shape index (κ3) is 3.17. The van der Waals surface area contributed by atoms with Crippen molar-refractivity contribution in [1.29, 1.82) is 0 Å². The molecule has 0 bridgehead atoms. The molecule has 108 valence electrons. The Bertz CT molecular complexity index is 612. The van der Waals surface area contributed by atoms with E-state index in [1.165, 1.54) is 0 Å². The maximum absolute atomic E-state index is 12.4. The van der Waals surface area contributed by atoms with E-state index in [0.717, 1.165) is 13.1 Å². The molecule has 6 nitrogen and oxygen atoms in total. The van der Waals surface area contributed by atoms with Gasteiger partial charge in [-0.25, -0.2) is 4.98 Å². The zero-order valence-corrected chi connectivity index (χ0v) is 11.5. The molecule has 6 heteroatoms. The Morgan fingerprint density at radius 3 is 2.67 bits per heavy atom. The predicted octanol–water partition coefficient (Wildman–Crippen LogP) is 1.57. The number of hydrogen-bond acceptors (Lipinski definition) is 5. The number of anilines is 2. The molecule has 0 saturated carbocycles. The van der Waals surface area contributed by atoms with E-state index < -0.39 is 0 Å². The largest absolute Gasteiger partial charge is 0.378 e. The molecular weight excluding hydrogens is 268 g/mol. The Hall–Kier alpha value is -2.47. The van der Waals surface area contributed by atoms with Crippen molar-refractivity contribution in [2.75, 3.05) is 36.5 Å². The number of rotatable bonds is 3. The topological polar surface area (TPSA) is 67.4 Å². The quantitative estimate of drug-likeness (QED) is 0.926. The Morgan fingerprint density at radius 1 is 1.14 bits per heavy atom. The molecule has 3 rings (SSSR count). The van der Waals surface area contributed by atoms with Crippen LogP contribution in [0.25, 0.3) is 0 Å². The number of amides is 1. The molecule has 1 N–H and O–H groups in total. The lowest BCUT2D eigenvalue weighted by molar-refractivity contribution is 0.102. The molecule has 1 fully saturated rings. The van der Waals surface area contributed by atoms with Crippen LogP contribution in [-0.4, -0.2) is 42.2 Å². The highest BCUT2D eigenvalue weighted by Gasteiger charge is 2.19. The molecule has 0 spiro atoms.